The Bertz CT molecular complexity index is 695. The van der Waals surface area contributed by atoms with Crippen molar-refractivity contribution in [2.45, 2.75) is 27.7 Å². The highest BCUT2D eigenvalue weighted by Crippen LogP contribution is 2.39. The minimum atomic E-state index is -0.113. The van der Waals surface area contributed by atoms with E-state index >= 15 is 0 Å². The maximum atomic E-state index is 12.9. The van der Waals surface area contributed by atoms with Crippen molar-refractivity contribution < 1.29 is 23.7 Å². The first kappa shape index (κ1) is 19.6. The van der Waals surface area contributed by atoms with Crippen LogP contribution >= 0.6 is 0 Å². The summed E-state index contributed by atoms with van der Waals surface area (Å²) < 4.78 is 22.5. The van der Waals surface area contributed by atoms with E-state index in [2.05, 4.69) is 0 Å². The molecule has 0 atom stereocenters. The van der Waals surface area contributed by atoms with E-state index in [0.717, 1.165) is 5.75 Å². The van der Waals surface area contributed by atoms with Crippen LogP contribution in [0.25, 0.3) is 0 Å². The zero-order valence-electron chi connectivity index (χ0n) is 15.8. The van der Waals surface area contributed by atoms with E-state index in [-0.39, 0.29) is 5.78 Å². The van der Waals surface area contributed by atoms with Gasteiger partial charge in [-0.25, -0.2) is 0 Å². The Labute approximate surface area is 154 Å². The minimum Gasteiger partial charge on any atom is -0.494 e. The number of ether oxygens (including phenoxy) is 4. The Kier molecular flexibility index (Phi) is 7.33. The molecule has 0 N–H and O–H groups in total. The lowest BCUT2D eigenvalue weighted by molar-refractivity contribution is 0.103. The van der Waals surface area contributed by atoms with Gasteiger partial charge in [0.15, 0.2) is 17.3 Å². The van der Waals surface area contributed by atoms with Gasteiger partial charge in [0.2, 0.25) is 5.75 Å². The molecule has 0 aliphatic heterocycles. The van der Waals surface area contributed by atoms with E-state index < -0.39 is 0 Å². The van der Waals surface area contributed by atoms with Gasteiger partial charge in [0.25, 0.3) is 0 Å². The number of ketones is 1. The SMILES string of the molecule is CCOc1ccc(C(=O)c2cc(OCC)c(OCC)c(OCC)c2)cc1. The molecular weight excluding hydrogens is 332 g/mol. The predicted octanol–water partition coefficient (Wildman–Crippen LogP) is 4.51. The highest BCUT2D eigenvalue weighted by atomic mass is 16.5. The molecule has 5 nitrogen and oxygen atoms in total. The second-order valence-electron chi connectivity index (χ2n) is 5.39. The number of hydrogen-bond donors (Lipinski definition) is 0. The fourth-order valence-electron chi connectivity index (χ4n) is 2.56. The van der Waals surface area contributed by atoms with Crippen LogP contribution in [0.2, 0.25) is 0 Å². The van der Waals surface area contributed by atoms with Crippen LogP contribution in [-0.2, 0) is 0 Å². The summed E-state index contributed by atoms with van der Waals surface area (Å²) in [5.74, 6) is 2.17. The van der Waals surface area contributed by atoms with Gasteiger partial charge in [0, 0.05) is 11.1 Å². The third kappa shape index (κ3) is 4.69. The Balaban J connectivity index is 2.41. The van der Waals surface area contributed by atoms with Gasteiger partial charge in [-0.05, 0) is 64.1 Å². The van der Waals surface area contributed by atoms with E-state index in [4.69, 9.17) is 18.9 Å². The molecular formula is C21H26O5. The second-order valence-corrected chi connectivity index (χ2v) is 5.39. The number of carbonyl (C=O) groups excluding carboxylic acids is 1. The Hall–Kier alpha value is -2.69. The van der Waals surface area contributed by atoms with Crippen molar-refractivity contribution in [3.8, 4) is 23.0 Å². The predicted molar refractivity (Wildman–Crippen MR) is 101 cm³/mol. The maximum Gasteiger partial charge on any atom is 0.203 e. The number of rotatable bonds is 10. The van der Waals surface area contributed by atoms with Crippen molar-refractivity contribution in [1.82, 2.24) is 0 Å². The van der Waals surface area contributed by atoms with E-state index in [1.807, 2.05) is 27.7 Å². The summed E-state index contributed by atoms with van der Waals surface area (Å²) in [5.41, 5.74) is 1.06. The Morgan fingerprint density at radius 3 is 1.65 bits per heavy atom. The van der Waals surface area contributed by atoms with Crippen LogP contribution in [0.3, 0.4) is 0 Å². The normalized spacial score (nSPS) is 10.3. The molecule has 5 heteroatoms. The lowest BCUT2D eigenvalue weighted by Gasteiger charge is -2.17. The summed E-state index contributed by atoms with van der Waals surface area (Å²) >= 11 is 0. The third-order valence-corrected chi connectivity index (χ3v) is 3.60. The molecule has 0 fully saturated rings. The van der Waals surface area contributed by atoms with Gasteiger partial charge in [0.05, 0.1) is 26.4 Å². The van der Waals surface area contributed by atoms with Crippen molar-refractivity contribution in [2.24, 2.45) is 0 Å². The lowest BCUT2D eigenvalue weighted by Crippen LogP contribution is -2.07. The molecule has 0 radical (unpaired) electrons. The number of hydrogen-bond acceptors (Lipinski definition) is 5. The monoisotopic (exact) mass is 358 g/mol. The standard InChI is InChI=1S/C21H26O5/c1-5-23-17-11-9-15(10-12-17)20(22)16-13-18(24-6-2)21(26-8-4)19(14-16)25-7-3/h9-14H,5-8H2,1-4H3. The van der Waals surface area contributed by atoms with Crippen LogP contribution < -0.4 is 18.9 Å². The third-order valence-electron chi connectivity index (χ3n) is 3.60. The summed E-state index contributed by atoms with van der Waals surface area (Å²) in [6.45, 7) is 9.58. The average molecular weight is 358 g/mol. The maximum absolute atomic E-state index is 12.9. The first-order chi connectivity index (χ1) is 12.6. The van der Waals surface area contributed by atoms with Gasteiger partial charge in [-0.15, -0.1) is 0 Å². The zero-order chi connectivity index (χ0) is 18.9. The minimum absolute atomic E-state index is 0.113. The first-order valence-corrected chi connectivity index (χ1v) is 8.98. The van der Waals surface area contributed by atoms with Crippen molar-refractivity contribution in [3.05, 3.63) is 47.5 Å². The molecule has 2 rings (SSSR count). The summed E-state index contributed by atoms with van der Waals surface area (Å²) in [6.07, 6.45) is 0. The first-order valence-electron chi connectivity index (χ1n) is 8.98. The molecule has 0 spiro atoms. The van der Waals surface area contributed by atoms with E-state index in [9.17, 15) is 4.79 Å². The largest absolute Gasteiger partial charge is 0.494 e. The lowest BCUT2D eigenvalue weighted by atomic mass is 10.0. The van der Waals surface area contributed by atoms with Gasteiger partial charge in [-0.3, -0.25) is 4.79 Å². The number of carbonyl (C=O) groups is 1. The van der Waals surface area contributed by atoms with Gasteiger partial charge >= 0.3 is 0 Å². The van der Waals surface area contributed by atoms with Crippen LogP contribution in [0, 0.1) is 0 Å². The van der Waals surface area contributed by atoms with Crippen LogP contribution in [0.15, 0.2) is 36.4 Å². The molecule has 0 heterocycles. The molecule has 26 heavy (non-hydrogen) atoms. The second kappa shape index (κ2) is 9.70. The molecule has 140 valence electrons. The van der Waals surface area contributed by atoms with Crippen LogP contribution in [0.4, 0.5) is 0 Å². The van der Waals surface area contributed by atoms with Crippen molar-refractivity contribution >= 4 is 5.78 Å². The van der Waals surface area contributed by atoms with Crippen molar-refractivity contribution in [1.29, 1.82) is 0 Å². The molecule has 0 aliphatic rings. The Morgan fingerprint density at radius 2 is 1.19 bits per heavy atom. The quantitative estimate of drug-likeness (QED) is 0.585. The van der Waals surface area contributed by atoms with Gasteiger partial charge in [-0.2, -0.15) is 0 Å². The van der Waals surface area contributed by atoms with E-state index in [0.29, 0.717) is 54.8 Å². The molecule has 0 bridgehead atoms. The van der Waals surface area contributed by atoms with E-state index in [1.165, 1.54) is 0 Å². The molecule has 2 aromatic rings. The molecule has 0 amide bonds. The summed E-state index contributed by atoms with van der Waals surface area (Å²) in [6, 6.07) is 10.5. The molecule has 0 saturated carbocycles. The van der Waals surface area contributed by atoms with Crippen LogP contribution in [-0.4, -0.2) is 32.2 Å². The summed E-state index contributed by atoms with van der Waals surface area (Å²) in [5, 5.41) is 0. The fourth-order valence-corrected chi connectivity index (χ4v) is 2.56. The molecule has 0 unspecified atom stereocenters. The van der Waals surface area contributed by atoms with Crippen LogP contribution in [0.5, 0.6) is 23.0 Å². The average Bonchev–Trinajstić information content (AvgIpc) is 2.65. The molecule has 0 aliphatic carbocycles. The summed E-state index contributed by atoms with van der Waals surface area (Å²) in [4.78, 5) is 12.9. The molecule has 0 aromatic heterocycles. The zero-order valence-corrected chi connectivity index (χ0v) is 15.8. The number of benzene rings is 2. The van der Waals surface area contributed by atoms with Crippen molar-refractivity contribution in [2.75, 3.05) is 26.4 Å². The topological polar surface area (TPSA) is 54.0 Å². The van der Waals surface area contributed by atoms with E-state index in [1.54, 1.807) is 36.4 Å². The highest BCUT2D eigenvalue weighted by Gasteiger charge is 2.19. The molecule has 0 saturated heterocycles. The Morgan fingerprint density at radius 1 is 0.692 bits per heavy atom. The van der Waals surface area contributed by atoms with Crippen molar-refractivity contribution in [3.63, 3.8) is 0 Å². The van der Waals surface area contributed by atoms with Gasteiger partial charge in [-0.1, -0.05) is 0 Å². The van der Waals surface area contributed by atoms with Gasteiger partial charge < -0.3 is 18.9 Å². The molecule has 2 aromatic carbocycles. The van der Waals surface area contributed by atoms with Gasteiger partial charge in [0.1, 0.15) is 5.75 Å². The summed E-state index contributed by atoms with van der Waals surface area (Å²) in [7, 11) is 0. The van der Waals surface area contributed by atoms with Crippen LogP contribution in [0.1, 0.15) is 43.6 Å². The smallest absolute Gasteiger partial charge is 0.203 e. The highest BCUT2D eigenvalue weighted by molar-refractivity contribution is 6.09. The fraction of sp³-hybridized carbons (Fsp3) is 0.381.